The van der Waals surface area contributed by atoms with Gasteiger partial charge < -0.3 is 15.3 Å². The molecule has 54 valence electrons. The van der Waals surface area contributed by atoms with Crippen LogP contribution in [0.15, 0.2) is 6.07 Å². The Morgan fingerprint density at radius 1 is 1.30 bits per heavy atom. The van der Waals surface area contributed by atoms with E-state index in [9.17, 15) is 0 Å². The van der Waals surface area contributed by atoms with E-state index in [1.807, 2.05) is 0 Å². The van der Waals surface area contributed by atoms with Gasteiger partial charge in [0.05, 0.1) is 0 Å². The maximum Gasteiger partial charge on any atom is 0.258 e. The van der Waals surface area contributed by atoms with Crippen LogP contribution in [0.25, 0.3) is 0 Å². The van der Waals surface area contributed by atoms with Crippen LogP contribution < -0.4 is 0 Å². The van der Waals surface area contributed by atoms with Crippen molar-refractivity contribution in [3.63, 3.8) is 0 Å². The Hall–Kier alpha value is -1.45. The normalized spacial score (nSPS) is 9.70. The third-order valence-electron chi connectivity index (χ3n) is 1.08. The average Bonchev–Trinajstić information content (AvgIpc) is 1.82. The first-order chi connectivity index (χ1) is 4.61. The van der Waals surface area contributed by atoms with E-state index in [1.165, 1.54) is 6.07 Å². The number of aromatic hydroxyl groups is 3. The van der Waals surface area contributed by atoms with Crippen LogP contribution in [0.3, 0.4) is 0 Å². The second-order valence-electron chi connectivity index (χ2n) is 1.95. The lowest BCUT2D eigenvalue weighted by atomic mass is 10.3. The van der Waals surface area contributed by atoms with Gasteiger partial charge in [0.25, 0.3) is 5.88 Å². The predicted octanol–water partition coefficient (Wildman–Crippen LogP) is 0.507. The topological polar surface area (TPSA) is 73.6 Å². The Bertz CT molecular complexity index is 236. The quantitative estimate of drug-likeness (QED) is 0.492. The zero-order valence-electron chi connectivity index (χ0n) is 5.37. The molecule has 1 aromatic heterocycles. The van der Waals surface area contributed by atoms with Crippen LogP contribution in [0.4, 0.5) is 0 Å². The van der Waals surface area contributed by atoms with E-state index in [0.29, 0.717) is 5.69 Å². The molecule has 0 fully saturated rings. The predicted molar refractivity (Wildman–Crippen MR) is 34.0 cm³/mol. The number of hydrogen-bond donors (Lipinski definition) is 3. The van der Waals surface area contributed by atoms with Crippen molar-refractivity contribution in [2.75, 3.05) is 0 Å². The minimum atomic E-state index is -0.578. The summed E-state index contributed by atoms with van der Waals surface area (Å²) >= 11 is 0. The molecular formula is C6H7NO3. The highest BCUT2D eigenvalue weighted by Gasteiger charge is 2.06. The zero-order valence-corrected chi connectivity index (χ0v) is 5.37. The summed E-state index contributed by atoms with van der Waals surface area (Å²) in [6.07, 6.45) is 0. The van der Waals surface area contributed by atoms with Gasteiger partial charge in [-0.1, -0.05) is 0 Å². The summed E-state index contributed by atoms with van der Waals surface area (Å²) in [6.45, 7) is 1.60. The summed E-state index contributed by atoms with van der Waals surface area (Å²) in [5, 5.41) is 26.4. The number of rotatable bonds is 0. The van der Waals surface area contributed by atoms with E-state index in [0.717, 1.165) is 0 Å². The molecule has 0 saturated carbocycles. The molecule has 0 saturated heterocycles. The van der Waals surface area contributed by atoms with Crippen LogP contribution in [-0.4, -0.2) is 20.3 Å². The first-order valence-corrected chi connectivity index (χ1v) is 2.70. The fourth-order valence-corrected chi connectivity index (χ4v) is 0.633. The van der Waals surface area contributed by atoms with Crippen molar-refractivity contribution >= 4 is 0 Å². The highest BCUT2D eigenvalue weighted by atomic mass is 16.3. The fourth-order valence-electron chi connectivity index (χ4n) is 0.633. The summed E-state index contributed by atoms with van der Waals surface area (Å²) in [5.41, 5.74) is 0.452. The fraction of sp³-hybridized carbons (Fsp3) is 0.167. The molecule has 0 unspecified atom stereocenters. The molecule has 4 heteroatoms. The second-order valence-corrected chi connectivity index (χ2v) is 1.95. The van der Waals surface area contributed by atoms with Crippen LogP contribution in [0.1, 0.15) is 5.69 Å². The van der Waals surface area contributed by atoms with Crippen molar-refractivity contribution in [1.82, 2.24) is 4.98 Å². The highest BCUT2D eigenvalue weighted by Crippen LogP contribution is 2.32. The third-order valence-corrected chi connectivity index (χ3v) is 1.08. The van der Waals surface area contributed by atoms with E-state index in [2.05, 4.69) is 4.98 Å². The van der Waals surface area contributed by atoms with Crippen LogP contribution in [-0.2, 0) is 0 Å². The molecule has 0 aliphatic carbocycles. The van der Waals surface area contributed by atoms with Crippen molar-refractivity contribution < 1.29 is 15.3 Å². The van der Waals surface area contributed by atoms with Crippen molar-refractivity contribution in [1.29, 1.82) is 0 Å². The van der Waals surface area contributed by atoms with E-state index in [4.69, 9.17) is 15.3 Å². The molecular weight excluding hydrogens is 134 g/mol. The standard InChI is InChI=1S/C6H7NO3/c1-3-2-4(8)5(9)6(10)7-3/h2,9H,1H3,(H2,7,8,10). The first kappa shape index (κ1) is 6.67. The van der Waals surface area contributed by atoms with Crippen LogP contribution in [0.2, 0.25) is 0 Å². The summed E-state index contributed by atoms with van der Waals surface area (Å²) in [7, 11) is 0. The molecule has 4 nitrogen and oxygen atoms in total. The van der Waals surface area contributed by atoms with E-state index in [1.54, 1.807) is 6.92 Å². The van der Waals surface area contributed by atoms with Crippen LogP contribution in [0.5, 0.6) is 17.4 Å². The highest BCUT2D eigenvalue weighted by molar-refractivity contribution is 5.44. The lowest BCUT2D eigenvalue weighted by Gasteiger charge is -1.99. The Morgan fingerprint density at radius 3 is 2.40 bits per heavy atom. The molecule has 0 aromatic carbocycles. The van der Waals surface area contributed by atoms with Crippen molar-refractivity contribution in [3.05, 3.63) is 11.8 Å². The number of pyridine rings is 1. The molecule has 0 spiro atoms. The molecule has 1 aromatic rings. The lowest BCUT2D eigenvalue weighted by Crippen LogP contribution is -1.81. The summed E-state index contributed by atoms with van der Waals surface area (Å²) < 4.78 is 0. The SMILES string of the molecule is Cc1cc(O)c(O)c(O)n1. The van der Waals surface area contributed by atoms with Gasteiger partial charge in [-0.3, -0.25) is 0 Å². The molecule has 1 heterocycles. The van der Waals surface area contributed by atoms with Gasteiger partial charge in [-0.15, -0.1) is 0 Å². The summed E-state index contributed by atoms with van der Waals surface area (Å²) in [4.78, 5) is 3.48. The summed E-state index contributed by atoms with van der Waals surface area (Å²) in [5.74, 6) is -1.48. The van der Waals surface area contributed by atoms with Gasteiger partial charge in [0.2, 0.25) is 5.75 Å². The Labute approximate surface area is 57.4 Å². The molecule has 0 atom stereocenters. The van der Waals surface area contributed by atoms with Gasteiger partial charge in [-0.2, -0.15) is 0 Å². The maximum absolute atomic E-state index is 8.83. The Morgan fingerprint density at radius 2 is 1.90 bits per heavy atom. The van der Waals surface area contributed by atoms with Crippen LogP contribution in [0, 0.1) is 6.92 Å². The monoisotopic (exact) mass is 141 g/mol. The van der Waals surface area contributed by atoms with Crippen molar-refractivity contribution in [2.45, 2.75) is 6.92 Å². The molecule has 10 heavy (non-hydrogen) atoms. The molecule has 0 bridgehead atoms. The van der Waals surface area contributed by atoms with E-state index >= 15 is 0 Å². The Balaban J connectivity index is 3.31. The Kier molecular flexibility index (Phi) is 1.37. The smallest absolute Gasteiger partial charge is 0.258 e. The molecule has 0 radical (unpaired) electrons. The number of aromatic nitrogens is 1. The number of aryl methyl sites for hydroxylation is 1. The van der Waals surface area contributed by atoms with E-state index in [-0.39, 0.29) is 5.75 Å². The summed E-state index contributed by atoms with van der Waals surface area (Å²) in [6, 6.07) is 1.26. The third kappa shape index (κ3) is 0.953. The largest absolute Gasteiger partial charge is 0.504 e. The number of nitrogens with zero attached hydrogens (tertiary/aromatic N) is 1. The lowest BCUT2D eigenvalue weighted by molar-refractivity contribution is 0.356. The van der Waals surface area contributed by atoms with E-state index < -0.39 is 11.6 Å². The average molecular weight is 141 g/mol. The molecule has 0 amide bonds. The van der Waals surface area contributed by atoms with Gasteiger partial charge in [0.15, 0.2) is 5.75 Å². The molecule has 3 N–H and O–H groups in total. The van der Waals surface area contributed by atoms with Crippen LogP contribution >= 0.6 is 0 Å². The van der Waals surface area contributed by atoms with Gasteiger partial charge in [0.1, 0.15) is 0 Å². The van der Waals surface area contributed by atoms with Crippen molar-refractivity contribution in [3.8, 4) is 17.4 Å². The molecule has 0 aliphatic heterocycles. The van der Waals surface area contributed by atoms with Gasteiger partial charge in [-0.25, -0.2) is 4.98 Å². The minimum Gasteiger partial charge on any atom is -0.504 e. The van der Waals surface area contributed by atoms with Gasteiger partial charge in [0, 0.05) is 11.8 Å². The maximum atomic E-state index is 8.83. The first-order valence-electron chi connectivity index (χ1n) is 2.70. The van der Waals surface area contributed by atoms with Gasteiger partial charge >= 0.3 is 0 Å². The van der Waals surface area contributed by atoms with Crippen molar-refractivity contribution in [2.24, 2.45) is 0 Å². The second kappa shape index (κ2) is 2.06. The molecule has 1 rings (SSSR count). The number of hydrogen-bond acceptors (Lipinski definition) is 4. The van der Waals surface area contributed by atoms with Gasteiger partial charge in [-0.05, 0) is 6.92 Å². The minimum absolute atomic E-state index is 0.356. The zero-order chi connectivity index (χ0) is 7.72. The molecule has 0 aliphatic rings.